The van der Waals surface area contributed by atoms with E-state index in [1.807, 2.05) is 19.1 Å². The van der Waals surface area contributed by atoms with Gasteiger partial charge in [-0.2, -0.15) is 0 Å². The fourth-order valence-corrected chi connectivity index (χ4v) is 3.75. The number of amides is 1. The summed E-state index contributed by atoms with van der Waals surface area (Å²) in [7, 11) is 0. The van der Waals surface area contributed by atoms with Gasteiger partial charge in [-0.15, -0.1) is 11.3 Å². The fourth-order valence-electron chi connectivity index (χ4n) is 2.66. The minimum atomic E-state index is -0.292. The molecule has 0 radical (unpaired) electrons. The number of benzene rings is 1. The number of aryl methyl sites for hydroxylation is 1. The summed E-state index contributed by atoms with van der Waals surface area (Å²) < 4.78 is 14.2. The maximum Gasteiger partial charge on any atom is 0.262 e. The number of nitrogens with one attached hydrogen (secondary N) is 1. The summed E-state index contributed by atoms with van der Waals surface area (Å²) in [6.07, 6.45) is 4.57. The molecule has 3 rings (SSSR count). The van der Waals surface area contributed by atoms with Crippen LogP contribution in [0.3, 0.4) is 0 Å². The van der Waals surface area contributed by atoms with Crippen molar-refractivity contribution < 1.29 is 14.3 Å². The van der Waals surface area contributed by atoms with Crippen molar-refractivity contribution in [3.63, 3.8) is 0 Å². The van der Waals surface area contributed by atoms with Crippen molar-refractivity contribution in [2.75, 3.05) is 6.61 Å². The number of thiophene rings is 1. The normalized spacial score (nSPS) is 21.1. The highest BCUT2D eigenvalue weighted by Gasteiger charge is 2.22. The monoisotopic (exact) mass is 305 g/mol. The lowest BCUT2D eigenvalue weighted by molar-refractivity contribution is 0.0944. The molecule has 0 saturated heterocycles. The second-order valence-corrected chi connectivity index (χ2v) is 6.39. The molecule has 3 nitrogen and oxygen atoms in total. The van der Waals surface area contributed by atoms with Gasteiger partial charge in [0.15, 0.2) is 0 Å². The van der Waals surface area contributed by atoms with Crippen LogP contribution in [0.1, 0.15) is 21.7 Å². The standard InChI is InChI=1S/C16H16FNO2S/c1-9-13-7-11(17)3-5-14(13)21-15(9)16(20)18-12-4-2-10(6-12)8-19/h2-5,7,10,12,19H,6,8H2,1H3,(H,18,20)/t10-,12+/m0/s1. The van der Waals surface area contributed by atoms with E-state index in [2.05, 4.69) is 5.32 Å². The number of rotatable bonds is 3. The van der Waals surface area contributed by atoms with E-state index < -0.39 is 0 Å². The molecule has 110 valence electrons. The highest BCUT2D eigenvalue weighted by Crippen LogP contribution is 2.31. The van der Waals surface area contributed by atoms with E-state index in [-0.39, 0.29) is 30.3 Å². The SMILES string of the molecule is Cc1c(C(=O)N[C@@H]2C=C[C@H](CO)C2)sc2ccc(F)cc12. The van der Waals surface area contributed by atoms with Crippen molar-refractivity contribution in [1.29, 1.82) is 0 Å². The van der Waals surface area contributed by atoms with Crippen molar-refractivity contribution in [2.24, 2.45) is 5.92 Å². The zero-order chi connectivity index (χ0) is 15.0. The Labute approximate surface area is 126 Å². The Bertz CT molecular complexity index is 722. The molecular weight excluding hydrogens is 289 g/mol. The van der Waals surface area contributed by atoms with Crippen LogP contribution in [0.25, 0.3) is 10.1 Å². The number of hydrogen-bond donors (Lipinski definition) is 2. The third kappa shape index (κ3) is 2.71. The van der Waals surface area contributed by atoms with Crippen LogP contribution in [-0.4, -0.2) is 23.7 Å². The van der Waals surface area contributed by atoms with E-state index >= 15 is 0 Å². The van der Waals surface area contributed by atoms with Crippen molar-refractivity contribution in [2.45, 2.75) is 19.4 Å². The molecule has 5 heteroatoms. The molecule has 21 heavy (non-hydrogen) atoms. The van der Waals surface area contributed by atoms with E-state index in [4.69, 9.17) is 5.11 Å². The molecule has 0 fully saturated rings. The van der Waals surface area contributed by atoms with Crippen molar-refractivity contribution in [3.05, 3.63) is 46.6 Å². The van der Waals surface area contributed by atoms with Crippen LogP contribution in [0.2, 0.25) is 0 Å². The van der Waals surface area contributed by atoms with Gasteiger partial charge in [-0.25, -0.2) is 4.39 Å². The number of hydrogen-bond acceptors (Lipinski definition) is 3. The summed E-state index contributed by atoms with van der Waals surface area (Å²) >= 11 is 1.38. The summed E-state index contributed by atoms with van der Waals surface area (Å²) in [5, 5.41) is 12.9. The molecule has 0 spiro atoms. The average molecular weight is 305 g/mol. The third-order valence-corrected chi connectivity index (χ3v) is 5.10. The third-order valence-electron chi connectivity index (χ3n) is 3.83. The van der Waals surface area contributed by atoms with Crippen molar-refractivity contribution in [1.82, 2.24) is 5.32 Å². The first-order chi connectivity index (χ1) is 10.1. The minimum absolute atomic E-state index is 0.0454. The highest BCUT2D eigenvalue weighted by atomic mass is 32.1. The smallest absolute Gasteiger partial charge is 0.262 e. The largest absolute Gasteiger partial charge is 0.396 e. The molecule has 1 aromatic carbocycles. The molecule has 1 aliphatic carbocycles. The molecule has 2 atom stereocenters. The van der Waals surface area contributed by atoms with Crippen molar-refractivity contribution in [3.8, 4) is 0 Å². The second-order valence-electron chi connectivity index (χ2n) is 5.34. The summed E-state index contributed by atoms with van der Waals surface area (Å²) in [5.74, 6) is -0.310. The van der Waals surface area contributed by atoms with Gasteiger partial charge in [0, 0.05) is 23.3 Å². The van der Waals surface area contributed by atoms with Crippen LogP contribution in [0.4, 0.5) is 4.39 Å². The molecular formula is C16H16FNO2S. The predicted molar refractivity (Wildman–Crippen MR) is 82.1 cm³/mol. The van der Waals surface area contributed by atoms with Crippen LogP contribution in [0, 0.1) is 18.7 Å². The quantitative estimate of drug-likeness (QED) is 0.856. The summed E-state index contributed by atoms with van der Waals surface area (Å²) in [4.78, 5) is 13.0. The lowest BCUT2D eigenvalue weighted by atomic mass is 10.1. The first-order valence-corrected chi connectivity index (χ1v) is 7.69. The Morgan fingerprint density at radius 1 is 1.48 bits per heavy atom. The van der Waals surface area contributed by atoms with Crippen LogP contribution in [-0.2, 0) is 0 Å². The number of aliphatic hydroxyl groups is 1. The Kier molecular flexibility index (Phi) is 3.78. The van der Waals surface area contributed by atoms with Gasteiger partial charge in [-0.3, -0.25) is 4.79 Å². The molecule has 0 bridgehead atoms. The van der Waals surface area contributed by atoms with Gasteiger partial charge >= 0.3 is 0 Å². The number of halogens is 1. The van der Waals surface area contributed by atoms with Gasteiger partial charge in [0.1, 0.15) is 5.82 Å². The molecule has 1 amide bonds. The number of carbonyl (C=O) groups is 1. The van der Waals surface area contributed by atoms with E-state index in [1.165, 1.54) is 23.5 Å². The molecule has 0 saturated carbocycles. The average Bonchev–Trinajstić information content (AvgIpc) is 3.04. The Morgan fingerprint density at radius 3 is 3.00 bits per heavy atom. The lowest BCUT2D eigenvalue weighted by Gasteiger charge is -2.12. The Morgan fingerprint density at radius 2 is 2.29 bits per heavy atom. The van der Waals surface area contributed by atoms with Gasteiger partial charge in [-0.1, -0.05) is 12.2 Å². The van der Waals surface area contributed by atoms with Gasteiger partial charge in [0.2, 0.25) is 0 Å². The van der Waals surface area contributed by atoms with Crippen LogP contribution >= 0.6 is 11.3 Å². The van der Waals surface area contributed by atoms with Crippen molar-refractivity contribution >= 4 is 27.3 Å². The number of aliphatic hydroxyl groups excluding tert-OH is 1. The van der Waals surface area contributed by atoms with E-state index in [0.717, 1.165) is 22.1 Å². The Hall–Kier alpha value is -1.72. The van der Waals surface area contributed by atoms with Crippen LogP contribution in [0.15, 0.2) is 30.4 Å². The predicted octanol–water partition coefficient (Wildman–Crippen LogP) is 3.02. The van der Waals surface area contributed by atoms with Gasteiger partial charge in [0.05, 0.1) is 4.88 Å². The van der Waals surface area contributed by atoms with Gasteiger partial charge in [0.25, 0.3) is 5.91 Å². The van der Waals surface area contributed by atoms with E-state index in [1.54, 1.807) is 6.07 Å². The topological polar surface area (TPSA) is 49.3 Å². The summed E-state index contributed by atoms with van der Waals surface area (Å²) in [6, 6.07) is 4.54. The molecule has 0 unspecified atom stereocenters. The molecule has 1 aromatic heterocycles. The minimum Gasteiger partial charge on any atom is -0.396 e. The van der Waals surface area contributed by atoms with Gasteiger partial charge < -0.3 is 10.4 Å². The Balaban J connectivity index is 1.82. The molecule has 0 aliphatic heterocycles. The van der Waals surface area contributed by atoms with E-state index in [0.29, 0.717) is 4.88 Å². The molecule has 1 heterocycles. The first kappa shape index (κ1) is 14.2. The summed E-state index contributed by atoms with van der Waals surface area (Å²) in [5.41, 5.74) is 0.813. The number of fused-ring (bicyclic) bond motifs is 1. The zero-order valence-electron chi connectivity index (χ0n) is 11.6. The van der Waals surface area contributed by atoms with Gasteiger partial charge in [-0.05, 0) is 42.5 Å². The van der Waals surface area contributed by atoms with Crippen LogP contribution < -0.4 is 5.32 Å². The number of carbonyl (C=O) groups excluding carboxylic acids is 1. The molecule has 2 aromatic rings. The van der Waals surface area contributed by atoms with Crippen LogP contribution in [0.5, 0.6) is 0 Å². The zero-order valence-corrected chi connectivity index (χ0v) is 12.4. The molecule has 2 N–H and O–H groups in total. The molecule has 1 aliphatic rings. The maximum atomic E-state index is 13.3. The lowest BCUT2D eigenvalue weighted by Crippen LogP contribution is -2.32. The van der Waals surface area contributed by atoms with E-state index in [9.17, 15) is 9.18 Å². The summed E-state index contributed by atoms with van der Waals surface area (Å²) in [6.45, 7) is 1.94. The maximum absolute atomic E-state index is 13.3. The highest BCUT2D eigenvalue weighted by molar-refractivity contribution is 7.21. The fraction of sp³-hybridized carbons (Fsp3) is 0.312. The first-order valence-electron chi connectivity index (χ1n) is 6.87. The second kappa shape index (κ2) is 5.58.